The second-order valence-corrected chi connectivity index (χ2v) is 7.93. The Morgan fingerprint density at radius 1 is 1.04 bits per heavy atom. The Hall–Kier alpha value is -1.86. The fraction of sp³-hybridized carbons (Fsp3) is 0.211. The first-order chi connectivity index (χ1) is 12.2. The van der Waals surface area contributed by atoms with Gasteiger partial charge in [0.2, 0.25) is 0 Å². The summed E-state index contributed by atoms with van der Waals surface area (Å²) in [6.45, 7) is 2.61. The number of anilines is 1. The van der Waals surface area contributed by atoms with Gasteiger partial charge in [0, 0.05) is 27.6 Å². The van der Waals surface area contributed by atoms with Crippen LogP contribution in [-0.2, 0) is 12.7 Å². The predicted octanol–water partition coefficient (Wildman–Crippen LogP) is 6.54. The second-order valence-electron chi connectivity index (χ2n) is 5.94. The van der Waals surface area contributed by atoms with Crippen molar-refractivity contribution < 1.29 is 13.2 Å². The van der Waals surface area contributed by atoms with Crippen molar-refractivity contribution in [3.8, 4) is 10.6 Å². The molecule has 2 aromatic carbocycles. The molecule has 3 rings (SSSR count). The largest absolute Gasteiger partial charge is 0.416 e. The SMILES string of the molecule is Cc1nc(-c2ccc(C(F)(F)F)cc2)sc1CN(C)c1ccc(Br)cc1. The van der Waals surface area contributed by atoms with Gasteiger partial charge in [0.1, 0.15) is 5.01 Å². The molecule has 3 aromatic rings. The fourth-order valence-electron chi connectivity index (χ4n) is 2.50. The van der Waals surface area contributed by atoms with Crippen molar-refractivity contribution in [3.05, 3.63) is 69.1 Å². The molecule has 1 heterocycles. The number of thiazole rings is 1. The van der Waals surface area contributed by atoms with Crippen LogP contribution in [0.25, 0.3) is 10.6 Å². The first-order valence-corrected chi connectivity index (χ1v) is 9.45. The third-order valence-corrected chi connectivity index (χ3v) is 5.72. The van der Waals surface area contributed by atoms with E-state index in [9.17, 15) is 13.2 Å². The van der Waals surface area contributed by atoms with Gasteiger partial charge in [-0.1, -0.05) is 28.1 Å². The molecule has 26 heavy (non-hydrogen) atoms. The Balaban J connectivity index is 1.79. The van der Waals surface area contributed by atoms with Crippen molar-refractivity contribution in [2.75, 3.05) is 11.9 Å². The van der Waals surface area contributed by atoms with Crippen LogP contribution in [0.15, 0.2) is 53.0 Å². The number of aromatic nitrogens is 1. The van der Waals surface area contributed by atoms with E-state index in [4.69, 9.17) is 0 Å². The Kier molecular flexibility index (Phi) is 5.39. The molecular weight excluding hydrogens is 425 g/mol. The minimum Gasteiger partial charge on any atom is -0.369 e. The summed E-state index contributed by atoms with van der Waals surface area (Å²) in [5.74, 6) is 0. The molecule has 0 fully saturated rings. The van der Waals surface area contributed by atoms with Crippen LogP contribution < -0.4 is 4.90 Å². The summed E-state index contributed by atoms with van der Waals surface area (Å²) in [4.78, 5) is 7.74. The lowest BCUT2D eigenvalue weighted by molar-refractivity contribution is -0.137. The van der Waals surface area contributed by atoms with Crippen molar-refractivity contribution in [2.24, 2.45) is 0 Å². The highest BCUT2D eigenvalue weighted by molar-refractivity contribution is 9.10. The summed E-state index contributed by atoms with van der Waals surface area (Å²) in [7, 11) is 2.00. The number of aryl methyl sites for hydroxylation is 1. The molecule has 136 valence electrons. The van der Waals surface area contributed by atoms with Gasteiger partial charge in [0.15, 0.2) is 0 Å². The molecule has 0 saturated carbocycles. The zero-order valence-corrected chi connectivity index (χ0v) is 16.5. The van der Waals surface area contributed by atoms with Crippen molar-refractivity contribution >= 4 is 33.0 Å². The second kappa shape index (κ2) is 7.40. The smallest absolute Gasteiger partial charge is 0.369 e. The van der Waals surface area contributed by atoms with Gasteiger partial charge in [0.05, 0.1) is 17.8 Å². The first-order valence-electron chi connectivity index (χ1n) is 7.84. The van der Waals surface area contributed by atoms with Crippen molar-refractivity contribution in [2.45, 2.75) is 19.6 Å². The highest BCUT2D eigenvalue weighted by Crippen LogP contribution is 2.33. The zero-order chi connectivity index (χ0) is 18.9. The van der Waals surface area contributed by atoms with Crippen LogP contribution in [0.5, 0.6) is 0 Å². The molecule has 0 spiro atoms. The van der Waals surface area contributed by atoms with E-state index < -0.39 is 11.7 Å². The van der Waals surface area contributed by atoms with Crippen LogP contribution in [-0.4, -0.2) is 12.0 Å². The maximum atomic E-state index is 12.7. The first kappa shape index (κ1) is 18.9. The van der Waals surface area contributed by atoms with Gasteiger partial charge in [0.25, 0.3) is 0 Å². The topological polar surface area (TPSA) is 16.1 Å². The van der Waals surface area contributed by atoms with Crippen molar-refractivity contribution in [1.82, 2.24) is 4.98 Å². The molecule has 0 bridgehead atoms. The number of halogens is 4. The summed E-state index contributed by atoms with van der Waals surface area (Å²) in [5, 5.41) is 0.732. The Morgan fingerprint density at radius 3 is 2.23 bits per heavy atom. The maximum Gasteiger partial charge on any atom is 0.416 e. The number of nitrogens with zero attached hydrogens (tertiary/aromatic N) is 2. The number of hydrogen-bond donors (Lipinski definition) is 0. The van der Waals surface area contributed by atoms with Crippen LogP contribution >= 0.6 is 27.3 Å². The molecule has 0 atom stereocenters. The monoisotopic (exact) mass is 440 g/mol. The van der Waals surface area contributed by atoms with Gasteiger partial charge < -0.3 is 4.90 Å². The van der Waals surface area contributed by atoms with E-state index >= 15 is 0 Å². The summed E-state index contributed by atoms with van der Waals surface area (Å²) < 4.78 is 39.1. The summed E-state index contributed by atoms with van der Waals surface area (Å²) in [6.07, 6.45) is -4.32. The van der Waals surface area contributed by atoms with Crippen molar-refractivity contribution in [1.29, 1.82) is 0 Å². The standard InChI is InChI=1S/C19H16BrF3N2S/c1-12-17(11-25(2)16-9-7-15(20)8-10-16)26-18(24-12)13-3-5-14(6-4-13)19(21,22)23/h3-10H,11H2,1-2H3. The highest BCUT2D eigenvalue weighted by atomic mass is 79.9. The third-order valence-electron chi connectivity index (χ3n) is 4.00. The number of alkyl halides is 3. The van der Waals surface area contributed by atoms with Gasteiger partial charge in [-0.25, -0.2) is 4.98 Å². The average Bonchev–Trinajstić information content (AvgIpc) is 2.95. The molecule has 0 aliphatic rings. The van der Waals surface area contributed by atoms with E-state index in [2.05, 4.69) is 25.8 Å². The van der Waals surface area contributed by atoms with Gasteiger partial charge in [-0.2, -0.15) is 13.2 Å². The van der Waals surface area contributed by atoms with Gasteiger partial charge >= 0.3 is 6.18 Å². The van der Waals surface area contributed by atoms with Gasteiger partial charge in [-0.15, -0.1) is 11.3 Å². The molecule has 0 saturated heterocycles. The normalized spacial score (nSPS) is 11.6. The molecule has 0 aliphatic carbocycles. The predicted molar refractivity (Wildman–Crippen MR) is 104 cm³/mol. The quantitative estimate of drug-likeness (QED) is 0.457. The molecular formula is C19H16BrF3N2S. The van der Waals surface area contributed by atoms with Crippen LogP contribution in [0.3, 0.4) is 0 Å². The molecule has 0 amide bonds. The summed E-state index contributed by atoms with van der Waals surface area (Å²) >= 11 is 4.93. The molecule has 0 N–H and O–H groups in total. The summed E-state index contributed by atoms with van der Waals surface area (Å²) in [5.41, 5.74) is 2.03. The number of benzene rings is 2. The van der Waals surface area contributed by atoms with Crippen LogP contribution in [0.2, 0.25) is 0 Å². The zero-order valence-electron chi connectivity index (χ0n) is 14.1. The van der Waals surface area contributed by atoms with E-state index in [-0.39, 0.29) is 0 Å². The molecule has 2 nitrogen and oxygen atoms in total. The molecule has 1 aromatic heterocycles. The number of hydrogen-bond acceptors (Lipinski definition) is 3. The van der Waals surface area contributed by atoms with E-state index in [0.717, 1.165) is 37.9 Å². The maximum absolute atomic E-state index is 12.7. The fourth-order valence-corrected chi connectivity index (χ4v) is 3.89. The van der Waals surface area contributed by atoms with Crippen LogP contribution in [0.1, 0.15) is 16.1 Å². The minimum absolute atomic E-state index is 0.648. The Bertz CT molecular complexity index is 887. The van der Waals surface area contributed by atoms with E-state index in [0.29, 0.717) is 12.1 Å². The molecule has 0 unspecified atom stereocenters. The third kappa shape index (κ3) is 4.27. The highest BCUT2D eigenvalue weighted by Gasteiger charge is 2.30. The van der Waals surface area contributed by atoms with Crippen LogP contribution in [0.4, 0.5) is 18.9 Å². The van der Waals surface area contributed by atoms with E-state index in [1.807, 2.05) is 38.2 Å². The Labute approximate surface area is 162 Å². The van der Waals surface area contributed by atoms with Gasteiger partial charge in [-0.3, -0.25) is 0 Å². The Morgan fingerprint density at radius 2 is 1.65 bits per heavy atom. The average molecular weight is 441 g/mol. The van der Waals surface area contributed by atoms with Crippen molar-refractivity contribution in [3.63, 3.8) is 0 Å². The van der Waals surface area contributed by atoms with Gasteiger partial charge in [-0.05, 0) is 43.3 Å². The lowest BCUT2D eigenvalue weighted by Crippen LogP contribution is -2.15. The molecule has 7 heteroatoms. The van der Waals surface area contributed by atoms with E-state index in [1.165, 1.54) is 23.5 Å². The number of rotatable bonds is 4. The van der Waals surface area contributed by atoms with E-state index in [1.54, 1.807) is 0 Å². The lowest BCUT2D eigenvalue weighted by atomic mass is 10.1. The molecule has 0 aliphatic heterocycles. The van der Waals surface area contributed by atoms with Crippen LogP contribution in [0, 0.1) is 6.92 Å². The lowest BCUT2D eigenvalue weighted by Gasteiger charge is -2.18. The summed E-state index contributed by atoms with van der Waals surface area (Å²) in [6, 6.07) is 13.2. The minimum atomic E-state index is -4.32. The molecule has 0 radical (unpaired) electrons.